The van der Waals surface area contributed by atoms with Crippen molar-refractivity contribution >= 4 is 58.0 Å². The largest absolute Gasteiger partial charge is 0.321 e. The van der Waals surface area contributed by atoms with E-state index in [1.54, 1.807) is 30.3 Å². The van der Waals surface area contributed by atoms with Gasteiger partial charge in [-0.2, -0.15) is 0 Å². The van der Waals surface area contributed by atoms with Gasteiger partial charge in [0, 0.05) is 10.6 Å². The predicted octanol–water partition coefficient (Wildman–Crippen LogP) is 5.55. The van der Waals surface area contributed by atoms with Crippen molar-refractivity contribution in [3.63, 3.8) is 0 Å². The smallest absolute Gasteiger partial charge is 0.255 e. The third-order valence-electron chi connectivity index (χ3n) is 2.36. The van der Waals surface area contributed by atoms with Gasteiger partial charge in [0.25, 0.3) is 5.91 Å². The Morgan fingerprint density at radius 1 is 0.842 bits per heavy atom. The van der Waals surface area contributed by atoms with Crippen molar-refractivity contribution in [2.45, 2.75) is 0 Å². The first-order chi connectivity index (χ1) is 8.97. The van der Waals surface area contributed by atoms with Gasteiger partial charge in [0.2, 0.25) is 0 Å². The third-order valence-corrected chi connectivity index (χ3v) is 3.65. The maximum Gasteiger partial charge on any atom is 0.255 e. The minimum Gasteiger partial charge on any atom is -0.321 e. The summed E-state index contributed by atoms with van der Waals surface area (Å²) < 4.78 is 0. The minimum absolute atomic E-state index is 0.316. The number of carbonyl (C=O) groups excluding carboxylic acids is 1. The van der Waals surface area contributed by atoms with Crippen molar-refractivity contribution in [1.29, 1.82) is 0 Å². The summed E-state index contributed by atoms with van der Waals surface area (Å²) in [6.45, 7) is 0. The highest BCUT2D eigenvalue weighted by molar-refractivity contribution is 6.42. The van der Waals surface area contributed by atoms with Crippen LogP contribution >= 0.6 is 46.4 Å². The highest BCUT2D eigenvalue weighted by Gasteiger charge is 2.10. The first-order valence-corrected chi connectivity index (χ1v) is 6.70. The van der Waals surface area contributed by atoms with E-state index in [1.807, 2.05) is 0 Å². The maximum atomic E-state index is 12.0. The van der Waals surface area contributed by atoms with Crippen LogP contribution in [0.2, 0.25) is 20.1 Å². The molecule has 0 radical (unpaired) electrons. The maximum absolute atomic E-state index is 12.0. The van der Waals surface area contributed by atoms with Gasteiger partial charge in [-0.3, -0.25) is 4.79 Å². The van der Waals surface area contributed by atoms with Crippen molar-refractivity contribution in [1.82, 2.24) is 0 Å². The normalized spacial score (nSPS) is 10.3. The number of carbonyl (C=O) groups is 1. The molecule has 0 heterocycles. The Morgan fingerprint density at radius 3 is 2.21 bits per heavy atom. The zero-order valence-corrected chi connectivity index (χ0v) is 12.4. The molecular formula is C13H7Cl4NO. The van der Waals surface area contributed by atoms with Crippen LogP contribution in [0, 0.1) is 0 Å². The van der Waals surface area contributed by atoms with Crippen LogP contribution < -0.4 is 5.32 Å². The van der Waals surface area contributed by atoms with Crippen molar-refractivity contribution in [2.75, 3.05) is 5.32 Å². The van der Waals surface area contributed by atoms with E-state index in [2.05, 4.69) is 5.32 Å². The van der Waals surface area contributed by atoms with E-state index in [9.17, 15) is 4.79 Å². The van der Waals surface area contributed by atoms with Gasteiger partial charge in [0.05, 0.1) is 20.8 Å². The van der Waals surface area contributed by atoms with Crippen LogP contribution in [0.4, 0.5) is 5.69 Å². The number of anilines is 1. The number of nitrogens with one attached hydrogen (secondary N) is 1. The first-order valence-electron chi connectivity index (χ1n) is 5.19. The molecule has 1 amide bonds. The summed E-state index contributed by atoms with van der Waals surface area (Å²) >= 11 is 23.4. The van der Waals surface area contributed by atoms with Crippen LogP contribution in [0.25, 0.3) is 0 Å². The average molecular weight is 335 g/mol. The van der Waals surface area contributed by atoms with Gasteiger partial charge in [-0.15, -0.1) is 0 Å². The van der Waals surface area contributed by atoms with E-state index in [-0.39, 0.29) is 5.91 Å². The lowest BCUT2D eigenvalue weighted by molar-refractivity contribution is 0.102. The monoisotopic (exact) mass is 333 g/mol. The molecule has 0 aliphatic carbocycles. The van der Waals surface area contributed by atoms with Gasteiger partial charge in [0.15, 0.2) is 0 Å². The summed E-state index contributed by atoms with van der Waals surface area (Å²) in [5.41, 5.74) is 0.863. The Bertz CT molecular complexity index is 643. The number of benzene rings is 2. The molecule has 0 aliphatic rings. The van der Waals surface area contributed by atoms with Gasteiger partial charge in [-0.1, -0.05) is 46.4 Å². The second-order valence-electron chi connectivity index (χ2n) is 3.71. The molecule has 19 heavy (non-hydrogen) atoms. The number of halogens is 4. The van der Waals surface area contributed by atoms with Crippen molar-refractivity contribution < 1.29 is 4.79 Å². The van der Waals surface area contributed by atoms with Crippen LogP contribution in [0.3, 0.4) is 0 Å². The van der Waals surface area contributed by atoms with E-state index in [0.29, 0.717) is 31.3 Å². The lowest BCUT2D eigenvalue weighted by Crippen LogP contribution is -2.12. The Hall–Kier alpha value is -0.930. The predicted molar refractivity (Wildman–Crippen MR) is 80.9 cm³/mol. The van der Waals surface area contributed by atoms with Crippen molar-refractivity contribution in [3.8, 4) is 0 Å². The molecule has 0 unspecified atom stereocenters. The molecule has 0 spiro atoms. The molecule has 0 bridgehead atoms. The highest BCUT2D eigenvalue weighted by Crippen LogP contribution is 2.27. The molecule has 2 aromatic carbocycles. The Balaban J connectivity index is 2.23. The topological polar surface area (TPSA) is 29.1 Å². The third kappa shape index (κ3) is 3.54. The molecule has 0 aromatic heterocycles. The van der Waals surface area contributed by atoms with Crippen LogP contribution in [0.1, 0.15) is 10.4 Å². The number of amides is 1. The zero-order chi connectivity index (χ0) is 14.0. The molecule has 0 fully saturated rings. The Labute approximate surface area is 130 Å². The average Bonchev–Trinajstić information content (AvgIpc) is 2.36. The quantitative estimate of drug-likeness (QED) is 0.766. The molecule has 2 rings (SSSR count). The van der Waals surface area contributed by atoms with Crippen LogP contribution in [0.15, 0.2) is 36.4 Å². The number of rotatable bonds is 2. The standard InChI is InChI=1S/C13H7Cl4NO/c14-8-2-4-12(11(17)6-8)18-13(19)7-1-3-9(15)10(16)5-7/h1-6H,(H,18,19). The van der Waals surface area contributed by atoms with E-state index in [0.717, 1.165) is 0 Å². The second kappa shape index (κ2) is 6.02. The molecule has 0 saturated heterocycles. The fourth-order valence-corrected chi connectivity index (χ4v) is 2.18. The Kier molecular flexibility index (Phi) is 4.58. The summed E-state index contributed by atoms with van der Waals surface area (Å²) in [5, 5.41) is 4.24. The van der Waals surface area contributed by atoms with Crippen LogP contribution in [-0.2, 0) is 0 Å². The summed E-state index contributed by atoms with van der Waals surface area (Å²) in [4.78, 5) is 12.0. The zero-order valence-electron chi connectivity index (χ0n) is 9.38. The second-order valence-corrected chi connectivity index (χ2v) is 5.37. The van der Waals surface area contributed by atoms with Gasteiger partial charge in [0.1, 0.15) is 0 Å². The Morgan fingerprint density at radius 2 is 1.58 bits per heavy atom. The fourth-order valence-electron chi connectivity index (χ4n) is 1.42. The van der Waals surface area contributed by atoms with Gasteiger partial charge in [-0.25, -0.2) is 0 Å². The summed E-state index contributed by atoms with van der Waals surface area (Å²) in [5.74, 6) is -0.331. The van der Waals surface area contributed by atoms with Gasteiger partial charge in [-0.05, 0) is 36.4 Å². The lowest BCUT2D eigenvalue weighted by Gasteiger charge is -2.08. The molecular weight excluding hydrogens is 328 g/mol. The van der Waals surface area contributed by atoms with E-state index in [1.165, 1.54) is 6.07 Å². The number of hydrogen-bond acceptors (Lipinski definition) is 1. The molecule has 98 valence electrons. The SMILES string of the molecule is O=C(Nc1ccc(Cl)cc1Cl)c1ccc(Cl)c(Cl)c1. The highest BCUT2D eigenvalue weighted by atomic mass is 35.5. The van der Waals surface area contributed by atoms with Gasteiger partial charge >= 0.3 is 0 Å². The van der Waals surface area contributed by atoms with Gasteiger partial charge < -0.3 is 5.32 Å². The van der Waals surface area contributed by atoms with Crippen molar-refractivity contribution in [3.05, 3.63) is 62.1 Å². The summed E-state index contributed by atoms with van der Waals surface area (Å²) in [6.07, 6.45) is 0. The molecule has 0 saturated carbocycles. The first kappa shape index (κ1) is 14.5. The number of hydrogen-bond donors (Lipinski definition) is 1. The van der Waals surface area contributed by atoms with Crippen LogP contribution in [-0.4, -0.2) is 5.91 Å². The van der Waals surface area contributed by atoms with E-state index >= 15 is 0 Å². The lowest BCUT2D eigenvalue weighted by atomic mass is 10.2. The summed E-state index contributed by atoms with van der Waals surface area (Å²) in [7, 11) is 0. The fraction of sp³-hybridized carbons (Fsp3) is 0. The molecule has 1 N–H and O–H groups in total. The molecule has 2 aromatic rings. The molecule has 2 nitrogen and oxygen atoms in total. The molecule has 6 heteroatoms. The van der Waals surface area contributed by atoms with Crippen LogP contribution in [0.5, 0.6) is 0 Å². The minimum atomic E-state index is -0.331. The van der Waals surface area contributed by atoms with E-state index in [4.69, 9.17) is 46.4 Å². The van der Waals surface area contributed by atoms with Crippen molar-refractivity contribution in [2.24, 2.45) is 0 Å². The molecule has 0 atom stereocenters. The van der Waals surface area contributed by atoms with E-state index < -0.39 is 0 Å². The molecule has 0 aliphatic heterocycles. The summed E-state index contributed by atoms with van der Waals surface area (Å²) in [6, 6.07) is 9.43.